The van der Waals surface area contributed by atoms with Gasteiger partial charge in [0.05, 0.1) is 7.11 Å². The van der Waals surface area contributed by atoms with Crippen LogP contribution in [-0.2, 0) is 23.3 Å². The van der Waals surface area contributed by atoms with E-state index >= 15 is 0 Å². The average molecular weight is 336 g/mol. The Bertz CT molecular complexity index is 885. The summed E-state index contributed by atoms with van der Waals surface area (Å²) in [6.45, 7) is 2.04. The second-order valence-electron chi connectivity index (χ2n) is 5.42. The van der Waals surface area contributed by atoms with Crippen molar-refractivity contribution in [1.29, 1.82) is 0 Å². The second-order valence-corrected chi connectivity index (χ2v) is 7.38. The Kier molecular flexibility index (Phi) is 4.89. The molecule has 0 bridgehead atoms. The molecule has 124 valence electrons. The largest absolute Gasteiger partial charge is 0.491 e. The molecular weight excluding hydrogens is 316 g/mol. The van der Waals surface area contributed by atoms with Crippen LogP contribution < -0.4 is 10.3 Å². The number of pyridine rings is 2. The summed E-state index contributed by atoms with van der Waals surface area (Å²) < 4.78 is 30.1. The van der Waals surface area contributed by atoms with Crippen LogP contribution in [0.25, 0.3) is 11.1 Å². The minimum Gasteiger partial charge on any atom is -0.491 e. The van der Waals surface area contributed by atoms with Gasteiger partial charge in [-0.05, 0) is 29.7 Å². The summed E-state index contributed by atoms with van der Waals surface area (Å²) in [6.07, 6.45) is 6.05. The van der Waals surface area contributed by atoms with Crippen molar-refractivity contribution in [2.24, 2.45) is 7.05 Å². The number of rotatable bonds is 5. The first kappa shape index (κ1) is 17.2. The molecule has 0 amide bonds. The third-order valence-corrected chi connectivity index (χ3v) is 4.53. The van der Waals surface area contributed by atoms with Gasteiger partial charge < -0.3 is 9.30 Å². The van der Waals surface area contributed by atoms with Crippen molar-refractivity contribution < 1.29 is 13.2 Å². The predicted molar refractivity (Wildman–Crippen MR) is 88.6 cm³/mol. The Hall–Kier alpha value is -2.15. The van der Waals surface area contributed by atoms with Gasteiger partial charge >= 0.3 is 0 Å². The van der Waals surface area contributed by atoms with Gasteiger partial charge in [0.15, 0.2) is 20.6 Å². The van der Waals surface area contributed by atoms with Crippen molar-refractivity contribution in [3.05, 3.63) is 40.4 Å². The zero-order chi connectivity index (χ0) is 17.2. The van der Waals surface area contributed by atoms with Crippen molar-refractivity contribution in [2.75, 3.05) is 13.4 Å². The average Bonchev–Trinajstić information content (AvgIpc) is 2.49. The number of sulfone groups is 1. The Balaban J connectivity index is 2.74. The standard InChI is InChI=1S/C16H20N2O4S/c1-5-6-11-9-17-15(23(4,20)21)8-13(11)12-7-14(22-3)16(19)18(2)10-12/h7-10H,5-6H2,1-4H3. The monoisotopic (exact) mass is 336 g/mol. The molecule has 0 aliphatic heterocycles. The van der Waals surface area contributed by atoms with E-state index in [1.54, 1.807) is 31.6 Å². The first-order chi connectivity index (χ1) is 10.8. The lowest BCUT2D eigenvalue weighted by atomic mass is 10.00. The van der Waals surface area contributed by atoms with Gasteiger partial charge in [-0.15, -0.1) is 0 Å². The van der Waals surface area contributed by atoms with Gasteiger partial charge in [-0.1, -0.05) is 13.3 Å². The highest BCUT2D eigenvalue weighted by atomic mass is 32.2. The molecular formula is C16H20N2O4S. The zero-order valence-corrected chi connectivity index (χ0v) is 14.5. The molecule has 6 nitrogen and oxygen atoms in total. The highest BCUT2D eigenvalue weighted by Gasteiger charge is 2.15. The summed E-state index contributed by atoms with van der Waals surface area (Å²) in [4.78, 5) is 16.0. The van der Waals surface area contributed by atoms with E-state index in [4.69, 9.17) is 4.74 Å². The van der Waals surface area contributed by atoms with Crippen molar-refractivity contribution in [1.82, 2.24) is 9.55 Å². The van der Waals surface area contributed by atoms with Gasteiger partial charge in [-0.25, -0.2) is 13.4 Å². The molecule has 7 heteroatoms. The summed E-state index contributed by atoms with van der Waals surface area (Å²) in [5.41, 5.74) is 2.15. The SMILES string of the molecule is CCCc1cnc(S(C)(=O)=O)cc1-c1cc(OC)c(=O)n(C)c1. The summed E-state index contributed by atoms with van der Waals surface area (Å²) in [7, 11) is -0.346. The Morgan fingerprint density at radius 3 is 2.57 bits per heavy atom. The number of nitrogens with zero attached hydrogens (tertiary/aromatic N) is 2. The van der Waals surface area contributed by atoms with Crippen molar-refractivity contribution in [3.63, 3.8) is 0 Å². The molecule has 0 fully saturated rings. The van der Waals surface area contributed by atoms with Gasteiger partial charge in [-0.3, -0.25) is 4.79 Å². The van der Waals surface area contributed by atoms with Crippen molar-refractivity contribution >= 4 is 9.84 Å². The van der Waals surface area contributed by atoms with Crippen LogP contribution >= 0.6 is 0 Å². The van der Waals surface area contributed by atoms with Gasteiger partial charge in [0, 0.05) is 31.3 Å². The lowest BCUT2D eigenvalue weighted by molar-refractivity contribution is 0.405. The number of aryl methyl sites for hydroxylation is 2. The molecule has 0 saturated carbocycles. The van der Waals surface area contributed by atoms with E-state index in [2.05, 4.69) is 4.98 Å². The number of hydrogen-bond acceptors (Lipinski definition) is 5. The van der Waals surface area contributed by atoms with Crippen LogP contribution in [-0.4, -0.2) is 31.3 Å². The van der Waals surface area contributed by atoms with E-state index < -0.39 is 9.84 Å². The third-order valence-electron chi connectivity index (χ3n) is 3.54. The first-order valence-corrected chi connectivity index (χ1v) is 9.11. The molecule has 0 N–H and O–H groups in total. The molecule has 23 heavy (non-hydrogen) atoms. The fourth-order valence-electron chi connectivity index (χ4n) is 2.38. The first-order valence-electron chi connectivity index (χ1n) is 7.22. The molecule has 2 aromatic heterocycles. The number of aromatic nitrogens is 2. The molecule has 0 unspecified atom stereocenters. The molecule has 0 spiro atoms. The van der Waals surface area contributed by atoms with E-state index in [9.17, 15) is 13.2 Å². The van der Waals surface area contributed by atoms with Crippen LogP contribution in [0.2, 0.25) is 0 Å². The van der Waals surface area contributed by atoms with E-state index in [1.165, 1.54) is 11.7 Å². The quantitative estimate of drug-likeness (QED) is 0.832. The normalized spacial score (nSPS) is 11.5. The maximum atomic E-state index is 11.9. The van der Waals surface area contributed by atoms with E-state index in [1.807, 2.05) is 6.92 Å². The van der Waals surface area contributed by atoms with Gasteiger partial charge in [0.1, 0.15) is 0 Å². The summed E-state index contributed by atoms with van der Waals surface area (Å²) in [5, 5.41) is 0.0140. The van der Waals surface area contributed by atoms with Crippen molar-refractivity contribution in [3.8, 4) is 16.9 Å². The van der Waals surface area contributed by atoms with Gasteiger partial charge in [-0.2, -0.15) is 0 Å². The van der Waals surface area contributed by atoms with Crippen LogP contribution in [0.1, 0.15) is 18.9 Å². The minimum atomic E-state index is -3.41. The highest BCUT2D eigenvalue weighted by Crippen LogP contribution is 2.27. The molecule has 0 aliphatic carbocycles. The van der Waals surface area contributed by atoms with Crippen LogP contribution in [0, 0.1) is 0 Å². The summed E-state index contributed by atoms with van der Waals surface area (Å²) in [6, 6.07) is 3.18. The van der Waals surface area contributed by atoms with Gasteiger partial charge in [0.2, 0.25) is 0 Å². The molecule has 2 rings (SSSR count). The summed E-state index contributed by atoms with van der Waals surface area (Å²) in [5.74, 6) is 0.213. The Labute approximate surface area is 135 Å². The smallest absolute Gasteiger partial charge is 0.292 e. The molecule has 0 radical (unpaired) electrons. The van der Waals surface area contributed by atoms with Crippen LogP contribution in [0.4, 0.5) is 0 Å². The maximum Gasteiger partial charge on any atom is 0.292 e. The minimum absolute atomic E-state index is 0.0140. The van der Waals surface area contributed by atoms with Crippen molar-refractivity contribution in [2.45, 2.75) is 24.8 Å². The van der Waals surface area contributed by atoms with Gasteiger partial charge in [0.25, 0.3) is 5.56 Å². The fourth-order valence-corrected chi connectivity index (χ4v) is 2.96. The number of methoxy groups -OCH3 is 1. The van der Waals surface area contributed by atoms with Crippen LogP contribution in [0.15, 0.2) is 34.3 Å². The zero-order valence-electron chi connectivity index (χ0n) is 13.7. The molecule has 0 saturated heterocycles. The third kappa shape index (κ3) is 3.61. The lowest BCUT2D eigenvalue weighted by Gasteiger charge is -2.13. The highest BCUT2D eigenvalue weighted by molar-refractivity contribution is 7.90. The van der Waals surface area contributed by atoms with E-state index in [-0.39, 0.29) is 16.3 Å². The fraction of sp³-hybridized carbons (Fsp3) is 0.375. The lowest BCUT2D eigenvalue weighted by Crippen LogP contribution is -2.18. The number of ether oxygens (including phenoxy) is 1. The molecule has 0 aliphatic rings. The molecule has 2 aromatic rings. The van der Waals surface area contributed by atoms with Crippen LogP contribution in [0.5, 0.6) is 5.75 Å². The van der Waals surface area contributed by atoms with E-state index in [0.29, 0.717) is 0 Å². The molecule has 0 aromatic carbocycles. The number of hydrogen-bond donors (Lipinski definition) is 0. The topological polar surface area (TPSA) is 78.3 Å². The molecule has 2 heterocycles. The Morgan fingerprint density at radius 1 is 1.30 bits per heavy atom. The maximum absolute atomic E-state index is 11.9. The predicted octanol–water partition coefficient (Wildman–Crippen LogP) is 1.81. The molecule has 0 atom stereocenters. The summed E-state index contributed by atoms with van der Waals surface area (Å²) >= 11 is 0. The van der Waals surface area contributed by atoms with Crippen LogP contribution in [0.3, 0.4) is 0 Å². The van der Waals surface area contributed by atoms with E-state index in [0.717, 1.165) is 35.8 Å². The Morgan fingerprint density at radius 2 is 2.00 bits per heavy atom. The second kappa shape index (κ2) is 6.54.